The Hall–Kier alpha value is -1.83. The Labute approximate surface area is 184 Å². The number of nitrogens with one attached hydrogen (secondary N) is 2. The molecular weight excluding hydrogens is 398 g/mol. The average Bonchev–Trinajstić information content (AvgIpc) is 2.63. The summed E-state index contributed by atoms with van der Waals surface area (Å²) >= 11 is 0. The fourth-order valence-electron chi connectivity index (χ4n) is 7.34. The highest BCUT2D eigenvalue weighted by molar-refractivity contribution is 5.95. The first kappa shape index (κ1) is 22.4. The molecular formula is C23H37N3O5. The molecule has 1 atom stereocenters. The summed E-state index contributed by atoms with van der Waals surface area (Å²) in [6, 6.07) is 0. The minimum atomic E-state index is -1.15. The summed E-state index contributed by atoms with van der Waals surface area (Å²) in [6.07, 6.45) is 6.01. The van der Waals surface area contributed by atoms with Crippen LogP contribution in [-0.2, 0) is 9.53 Å². The third-order valence-electron chi connectivity index (χ3n) is 7.82. The van der Waals surface area contributed by atoms with Crippen molar-refractivity contribution < 1.29 is 24.2 Å². The van der Waals surface area contributed by atoms with Gasteiger partial charge in [0, 0.05) is 19.6 Å². The molecule has 8 nitrogen and oxygen atoms in total. The number of carbonyl (C=O) groups excluding carboxylic acids is 2. The van der Waals surface area contributed by atoms with Crippen molar-refractivity contribution in [2.45, 2.75) is 76.9 Å². The number of rotatable bonds is 5. The van der Waals surface area contributed by atoms with Gasteiger partial charge in [-0.1, -0.05) is 0 Å². The van der Waals surface area contributed by atoms with Crippen LogP contribution in [0.3, 0.4) is 0 Å². The number of ether oxygens (including phenoxy) is 1. The molecule has 0 aromatic rings. The summed E-state index contributed by atoms with van der Waals surface area (Å²) in [4.78, 5) is 39.3. The van der Waals surface area contributed by atoms with Gasteiger partial charge in [-0.15, -0.1) is 0 Å². The van der Waals surface area contributed by atoms with Gasteiger partial charge in [-0.2, -0.15) is 0 Å². The summed E-state index contributed by atoms with van der Waals surface area (Å²) in [7, 11) is 0. The Morgan fingerprint density at radius 2 is 1.68 bits per heavy atom. The summed E-state index contributed by atoms with van der Waals surface area (Å²) in [5.74, 6) is 1.90. The lowest BCUT2D eigenvalue weighted by Crippen LogP contribution is -2.70. The first-order valence-corrected chi connectivity index (χ1v) is 11.7. The van der Waals surface area contributed by atoms with E-state index < -0.39 is 23.3 Å². The van der Waals surface area contributed by atoms with E-state index in [2.05, 4.69) is 10.6 Å². The maximum absolute atomic E-state index is 13.6. The molecule has 0 aromatic heterocycles. The molecule has 31 heavy (non-hydrogen) atoms. The smallest absolute Gasteiger partial charge is 0.408 e. The van der Waals surface area contributed by atoms with Gasteiger partial charge in [0.1, 0.15) is 11.1 Å². The second kappa shape index (κ2) is 7.94. The lowest BCUT2D eigenvalue weighted by atomic mass is 9.47. The molecule has 1 saturated heterocycles. The van der Waals surface area contributed by atoms with Crippen LogP contribution in [0.5, 0.6) is 0 Å². The average molecular weight is 436 g/mol. The second-order valence-electron chi connectivity index (χ2n) is 11.5. The molecule has 1 aliphatic heterocycles. The molecule has 2 amide bonds. The largest absolute Gasteiger partial charge is 0.465 e. The number of amides is 2. The quantitative estimate of drug-likeness (QED) is 0.613. The van der Waals surface area contributed by atoms with E-state index in [1.54, 1.807) is 20.8 Å². The zero-order chi connectivity index (χ0) is 22.4. The molecule has 4 aliphatic carbocycles. The topological polar surface area (TPSA) is 108 Å². The van der Waals surface area contributed by atoms with Gasteiger partial charge in [-0.05, 0) is 88.9 Å². The van der Waals surface area contributed by atoms with Crippen LogP contribution in [-0.4, -0.2) is 65.3 Å². The molecule has 4 bridgehead atoms. The van der Waals surface area contributed by atoms with Crippen LogP contribution in [0, 0.1) is 23.2 Å². The van der Waals surface area contributed by atoms with Crippen molar-refractivity contribution in [1.82, 2.24) is 15.5 Å². The third kappa shape index (κ3) is 4.54. The molecule has 8 heteroatoms. The Bertz CT molecular complexity index is 711. The van der Waals surface area contributed by atoms with Crippen molar-refractivity contribution in [3.8, 4) is 0 Å². The molecule has 0 spiro atoms. The summed E-state index contributed by atoms with van der Waals surface area (Å²) in [5, 5.41) is 15.9. The van der Waals surface area contributed by atoms with Crippen LogP contribution in [0.4, 0.5) is 9.59 Å². The van der Waals surface area contributed by atoms with Crippen molar-refractivity contribution in [3.05, 3.63) is 0 Å². The lowest BCUT2D eigenvalue weighted by Gasteiger charge is -2.60. The molecule has 1 unspecified atom stereocenters. The summed E-state index contributed by atoms with van der Waals surface area (Å²) < 4.78 is 5.27. The van der Waals surface area contributed by atoms with Crippen molar-refractivity contribution in [2.75, 3.05) is 26.2 Å². The van der Waals surface area contributed by atoms with Crippen molar-refractivity contribution in [2.24, 2.45) is 23.2 Å². The van der Waals surface area contributed by atoms with Crippen LogP contribution in [0.25, 0.3) is 0 Å². The van der Waals surface area contributed by atoms with Gasteiger partial charge in [-0.3, -0.25) is 9.69 Å². The van der Waals surface area contributed by atoms with Crippen LogP contribution in [0.1, 0.15) is 65.7 Å². The Morgan fingerprint density at radius 1 is 1.10 bits per heavy atom. The zero-order valence-corrected chi connectivity index (χ0v) is 19.0. The number of ketones is 1. The minimum absolute atomic E-state index is 0.0308. The monoisotopic (exact) mass is 435 g/mol. The SMILES string of the molecule is CC(C)(C)OC(=O)NCC(=O)C1(CC23CC4CC(CC(C4)C2)C3)CNCCN1C(=O)O. The molecule has 1 heterocycles. The molecule has 4 saturated carbocycles. The van der Waals surface area contributed by atoms with Gasteiger partial charge in [0.15, 0.2) is 5.78 Å². The Balaban J connectivity index is 1.56. The molecule has 174 valence electrons. The maximum atomic E-state index is 13.6. The van der Waals surface area contributed by atoms with Gasteiger partial charge < -0.3 is 20.5 Å². The first-order chi connectivity index (χ1) is 14.5. The zero-order valence-electron chi connectivity index (χ0n) is 19.0. The highest BCUT2D eigenvalue weighted by atomic mass is 16.6. The minimum Gasteiger partial charge on any atom is -0.465 e. The normalized spacial score (nSPS) is 36.9. The van der Waals surface area contributed by atoms with E-state index in [0.29, 0.717) is 37.3 Å². The summed E-state index contributed by atoms with van der Waals surface area (Å²) in [5.41, 5.74) is -1.78. The molecule has 5 fully saturated rings. The van der Waals surface area contributed by atoms with E-state index in [9.17, 15) is 19.5 Å². The highest BCUT2D eigenvalue weighted by Crippen LogP contribution is 2.62. The maximum Gasteiger partial charge on any atom is 0.408 e. The summed E-state index contributed by atoms with van der Waals surface area (Å²) in [6.45, 7) is 6.17. The Kier molecular flexibility index (Phi) is 5.73. The van der Waals surface area contributed by atoms with Crippen LogP contribution in [0.15, 0.2) is 0 Å². The number of nitrogens with zero attached hydrogens (tertiary/aromatic N) is 1. The number of carbonyl (C=O) groups is 3. The molecule has 5 rings (SSSR count). The van der Waals surface area contributed by atoms with Crippen LogP contribution >= 0.6 is 0 Å². The Morgan fingerprint density at radius 3 is 2.19 bits per heavy atom. The van der Waals surface area contributed by atoms with E-state index in [-0.39, 0.29) is 24.3 Å². The van der Waals surface area contributed by atoms with Crippen LogP contribution < -0.4 is 10.6 Å². The fraction of sp³-hybridized carbons (Fsp3) is 0.870. The van der Waals surface area contributed by atoms with Gasteiger partial charge in [0.2, 0.25) is 0 Å². The predicted molar refractivity (Wildman–Crippen MR) is 115 cm³/mol. The standard InChI is InChI=1S/C23H37N3O5/c1-21(2,3)31-19(28)25-12-18(27)23(14-24-4-5-26(23)20(29)30)13-22-9-15-6-16(10-22)8-17(7-15)11-22/h15-17,24H,4-14H2,1-3H3,(H,25,28)(H,29,30). The number of hydrogen-bond donors (Lipinski definition) is 3. The first-order valence-electron chi connectivity index (χ1n) is 11.7. The van der Waals surface area contributed by atoms with Gasteiger partial charge in [-0.25, -0.2) is 9.59 Å². The fourth-order valence-corrected chi connectivity index (χ4v) is 7.34. The van der Waals surface area contributed by atoms with Crippen LogP contribution in [0.2, 0.25) is 0 Å². The van der Waals surface area contributed by atoms with E-state index in [4.69, 9.17) is 4.74 Å². The number of Topliss-reactive ketones (excluding diaryl/α,β-unsaturated/α-hetero) is 1. The number of piperazine rings is 1. The van der Waals surface area contributed by atoms with Gasteiger partial charge in [0.05, 0.1) is 6.54 Å². The molecule has 0 radical (unpaired) electrons. The molecule has 3 N–H and O–H groups in total. The van der Waals surface area contributed by atoms with Gasteiger partial charge >= 0.3 is 12.2 Å². The number of carboxylic acid groups (broad SMARTS) is 1. The van der Waals surface area contributed by atoms with Crippen molar-refractivity contribution >= 4 is 18.0 Å². The third-order valence-corrected chi connectivity index (χ3v) is 7.82. The van der Waals surface area contributed by atoms with Crippen molar-refractivity contribution in [3.63, 3.8) is 0 Å². The second-order valence-corrected chi connectivity index (χ2v) is 11.5. The number of alkyl carbamates (subject to hydrolysis) is 1. The molecule has 5 aliphatic rings. The van der Waals surface area contributed by atoms with E-state index in [0.717, 1.165) is 19.3 Å². The number of hydrogen-bond acceptors (Lipinski definition) is 5. The van der Waals surface area contributed by atoms with E-state index in [1.807, 2.05) is 0 Å². The predicted octanol–water partition coefficient (Wildman–Crippen LogP) is 3.01. The lowest BCUT2D eigenvalue weighted by molar-refractivity contribution is -0.139. The molecule has 0 aromatic carbocycles. The van der Waals surface area contributed by atoms with E-state index >= 15 is 0 Å². The van der Waals surface area contributed by atoms with Gasteiger partial charge in [0.25, 0.3) is 0 Å². The highest BCUT2D eigenvalue weighted by Gasteiger charge is 2.58. The van der Waals surface area contributed by atoms with E-state index in [1.165, 1.54) is 24.2 Å². The van der Waals surface area contributed by atoms with Crippen molar-refractivity contribution in [1.29, 1.82) is 0 Å².